The van der Waals surface area contributed by atoms with Crippen LogP contribution < -0.4 is 0 Å². The van der Waals surface area contributed by atoms with Gasteiger partial charge in [-0.1, -0.05) is 48.5 Å². The summed E-state index contributed by atoms with van der Waals surface area (Å²) < 4.78 is 0. The maximum Gasteiger partial charge on any atom is 3.00 e. The molecule has 89 heavy (non-hydrogen) atoms. The Hall–Kier alpha value is -10.8. The number of aromatic nitrogens is 16. The summed E-state index contributed by atoms with van der Waals surface area (Å²) in [5.41, 5.74) is 14.5. The van der Waals surface area contributed by atoms with Gasteiger partial charge in [0, 0.05) is 95.9 Å². The van der Waals surface area contributed by atoms with E-state index in [4.69, 9.17) is 9.97 Å². The second-order valence-electron chi connectivity index (χ2n) is 19.1. The summed E-state index contributed by atoms with van der Waals surface area (Å²) in [6.07, 6.45) is 21.3. The molecule has 0 aliphatic carbocycles. The van der Waals surface area contributed by atoms with Crippen molar-refractivity contribution in [2.24, 2.45) is 0 Å². The van der Waals surface area contributed by atoms with E-state index in [0.717, 1.165) is 133 Å². The first kappa shape index (κ1) is 59.9. The van der Waals surface area contributed by atoms with Gasteiger partial charge in [0.25, 0.3) is 0 Å². The molecule has 0 aliphatic heterocycles. The number of rotatable bonds is 6. The van der Waals surface area contributed by atoms with Gasteiger partial charge in [-0.25, -0.2) is 9.97 Å². The Morgan fingerprint density at radius 3 is 0.674 bits per heavy atom. The average molecular weight is 1350 g/mol. The quantitative estimate of drug-likeness (QED) is 0.117. The minimum absolute atomic E-state index is 0. The SMILES string of the molecule is [Ru+3].[Ru+3].c1ccc(-c2ccccn2)nc1.c1ccc(-c2ccccn2)nc1.c1ccc(-c2ccccn2)nc1.c1ccc(-c2ccccn2)nc1.c1cnc2c(c1)c1nc(-c3ccc(-c4nc5c6cccnc6c6ncccc6c5[nH]4)s3)[nH]c1c1cccnc12. The molecule has 19 heteroatoms. The number of aromatic amines is 2. The van der Waals surface area contributed by atoms with Gasteiger partial charge < -0.3 is 9.97 Å². The van der Waals surface area contributed by atoms with E-state index in [9.17, 15) is 0 Å². The molecule has 0 bridgehead atoms. The van der Waals surface area contributed by atoms with Crippen LogP contribution in [-0.2, 0) is 39.0 Å². The van der Waals surface area contributed by atoms with Crippen molar-refractivity contribution in [2.45, 2.75) is 0 Å². The molecule has 0 saturated heterocycles. The molecule has 0 amide bonds. The van der Waals surface area contributed by atoms with Gasteiger partial charge in [0.05, 0.1) is 99.4 Å². The number of nitrogens with one attached hydrogen (secondary N) is 2. The molecule has 2 aromatic carbocycles. The monoisotopic (exact) mass is 1350 g/mol. The fourth-order valence-corrected chi connectivity index (χ4v) is 10.5. The van der Waals surface area contributed by atoms with Crippen molar-refractivity contribution >= 4 is 77.0 Å². The van der Waals surface area contributed by atoms with Crippen LogP contribution in [0.4, 0.5) is 0 Å². The Labute approximate surface area is 539 Å². The van der Waals surface area contributed by atoms with Crippen LogP contribution in [0.2, 0.25) is 0 Å². The fourth-order valence-electron chi connectivity index (χ4n) is 9.63. The molecule has 17 rings (SSSR count). The standard InChI is InChI=1S/C30H16N8S.4C10H8N2.2Ru/c1-5-15-21(31-11-1)22-16(6-2-12-32-22)26-25(15)35-29(36-26)19-9-10-20(39-19)30-37-27-17-7-3-13-33-23(17)24-18(28(27)38-30)8-4-14-34-24;4*1-3-7-11-9(5-1)10-6-2-4-8-12-10;;/h1-14H,(H,35,36)(H,37,38);4*1-8H;;/q;;;;;2*+3. The van der Waals surface area contributed by atoms with E-state index in [1.54, 1.807) is 85.7 Å². The van der Waals surface area contributed by atoms with Gasteiger partial charge in [-0.2, -0.15) is 0 Å². The van der Waals surface area contributed by atoms with Crippen molar-refractivity contribution in [3.63, 3.8) is 0 Å². The van der Waals surface area contributed by atoms with Gasteiger partial charge in [0.2, 0.25) is 0 Å². The minimum atomic E-state index is 0. The summed E-state index contributed by atoms with van der Waals surface area (Å²) in [5, 5.41) is 3.98. The summed E-state index contributed by atoms with van der Waals surface area (Å²) in [4.78, 5) is 71.2. The third-order valence-corrected chi connectivity index (χ3v) is 14.7. The van der Waals surface area contributed by atoms with E-state index >= 15 is 0 Å². The molecule has 2 radical (unpaired) electrons. The summed E-state index contributed by atoms with van der Waals surface area (Å²) in [7, 11) is 0. The normalized spacial score (nSPS) is 10.5. The van der Waals surface area contributed by atoms with Gasteiger partial charge >= 0.3 is 39.0 Å². The molecule has 0 saturated carbocycles. The predicted octanol–water partition coefficient (Wildman–Crippen LogP) is 15.6. The molecule has 2 N–H and O–H groups in total. The second kappa shape index (κ2) is 29.0. The summed E-state index contributed by atoms with van der Waals surface area (Å²) in [6.45, 7) is 0. The number of fused-ring (bicyclic) bond motifs is 12. The molecular weight excluding hydrogens is 1300 g/mol. The number of H-pyrrole nitrogens is 2. The zero-order valence-electron chi connectivity index (χ0n) is 46.9. The molecular formula is C70H48N16Ru2S+6. The molecule has 0 atom stereocenters. The number of imidazole rings is 2. The smallest absolute Gasteiger partial charge is 0.337 e. The van der Waals surface area contributed by atoms with Crippen molar-refractivity contribution in [3.05, 3.63) is 281 Å². The van der Waals surface area contributed by atoms with Crippen molar-refractivity contribution in [3.8, 4) is 67.0 Å². The maximum absolute atomic E-state index is 5.03. The van der Waals surface area contributed by atoms with E-state index in [1.165, 1.54) is 0 Å². The summed E-state index contributed by atoms with van der Waals surface area (Å²) >= 11 is 1.64. The third-order valence-electron chi connectivity index (χ3n) is 13.6. The van der Waals surface area contributed by atoms with Gasteiger partial charge in [0.1, 0.15) is 11.6 Å². The third kappa shape index (κ3) is 13.7. The van der Waals surface area contributed by atoms with Crippen molar-refractivity contribution in [1.82, 2.24) is 79.7 Å². The number of pyridine rings is 12. The fraction of sp³-hybridized carbons (Fsp3) is 0. The van der Waals surface area contributed by atoms with E-state index in [2.05, 4.69) is 106 Å². The zero-order chi connectivity index (χ0) is 58.4. The topological polar surface area (TPSA) is 212 Å². The van der Waals surface area contributed by atoms with E-state index in [1.807, 2.05) is 170 Å². The molecule has 0 spiro atoms. The zero-order valence-corrected chi connectivity index (χ0v) is 51.2. The number of hydrogen-bond acceptors (Lipinski definition) is 15. The molecule has 15 aromatic heterocycles. The van der Waals surface area contributed by atoms with Gasteiger partial charge in [-0.05, 0) is 158 Å². The van der Waals surface area contributed by atoms with Gasteiger partial charge in [-0.15, -0.1) is 11.3 Å². The number of benzene rings is 2. The molecule has 17 aromatic rings. The van der Waals surface area contributed by atoms with E-state index < -0.39 is 0 Å². The summed E-state index contributed by atoms with van der Waals surface area (Å²) in [5.74, 6) is 1.62. The molecule has 16 nitrogen and oxygen atoms in total. The van der Waals surface area contributed by atoms with Crippen LogP contribution in [0.3, 0.4) is 0 Å². The van der Waals surface area contributed by atoms with Crippen molar-refractivity contribution in [1.29, 1.82) is 0 Å². The van der Waals surface area contributed by atoms with Crippen LogP contribution in [0, 0.1) is 0 Å². The van der Waals surface area contributed by atoms with Crippen LogP contribution in [0.1, 0.15) is 0 Å². The molecule has 15 heterocycles. The van der Waals surface area contributed by atoms with Crippen molar-refractivity contribution in [2.75, 3.05) is 0 Å². The minimum Gasteiger partial charge on any atom is -0.337 e. The van der Waals surface area contributed by atoms with Gasteiger partial charge in [0.15, 0.2) is 0 Å². The van der Waals surface area contributed by atoms with E-state index in [-0.39, 0.29) is 39.0 Å². The number of nitrogens with zero attached hydrogens (tertiary/aromatic N) is 14. The molecule has 0 fully saturated rings. The first-order valence-electron chi connectivity index (χ1n) is 27.6. The Morgan fingerprint density at radius 1 is 0.213 bits per heavy atom. The van der Waals surface area contributed by atoms with Crippen LogP contribution in [0.15, 0.2) is 281 Å². The van der Waals surface area contributed by atoms with Crippen LogP contribution in [0.5, 0.6) is 0 Å². The molecule has 424 valence electrons. The maximum atomic E-state index is 5.03. The van der Waals surface area contributed by atoms with Crippen LogP contribution >= 0.6 is 11.3 Å². The van der Waals surface area contributed by atoms with Crippen LogP contribution in [-0.4, -0.2) is 79.7 Å². The summed E-state index contributed by atoms with van der Waals surface area (Å²) in [6, 6.07) is 66.6. The number of hydrogen-bond donors (Lipinski definition) is 2. The second-order valence-corrected chi connectivity index (χ2v) is 20.2. The van der Waals surface area contributed by atoms with Gasteiger partial charge in [-0.3, -0.25) is 59.8 Å². The Balaban J connectivity index is 0.000000133. The molecule has 0 aliphatic rings. The van der Waals surface area contributed by atoms with Crippen LogP contribution in [0.25, 0.3) is 133 Å². The molecule has 0 unspecified atom stereocenters. The average Bonchev–Trinajstić information content (AvgIpc) is 1.77. The Morgan fingerprint density at radius 2 is 0.438 bits per heavy atom. The first-order chi connectivity index (χ1) is 43.2. The number of thiophene rings is 1. The largest absolute Gasteiger partial charge is 3.00 e. The predicted molar refractivity (Wildman–Crippen MR) is 346 cm³/mol. The van der Waals surface area contributed by atoms with E-state index in [0.29, 0.717) is 0 Å². The first-order valence-corrected chi connectivity index (χ1v) is 28.4. The van der Waals surface area contributed by atoms with Crippen molar-refractivity contribution < 1.29 is 39.0 Å². The Kier molecular flexibility index (Phi) is 19.5. The Bertz CT molecular complexity index is 4280.